The van der Waals surface area contributed by atoms with Crippen LogP contribution in [0.1, 0.15) is 30.4 Å². The number of benzene rings is 1. The molecule has 2 atom stereocenters. The lowest BCUT2D eigenvalue weighted by molar-refractivity contribution is -0.140. The van der Waals surface area contributed by atoms with E-state index in [-0.39, 0.29) is 42.5 Å². The summed E-state index contributed by atoms with van der Waals surface area (Å²) in [4.78, 5) is 38.2. The molecule has 3 rings (SSSR count). The molecule has 24 heavy (non-hydrogen) atoms. The number of nitrogens with one attached hydrogen (secondary N) is 1. The van der Waals surface area contributed by atoms with Crippen molar-refractivity contribution < 1.29 is 14.4 Å². The highest BCUT2D eigenvalue weighted by molar-refractivity contribution is 6.05. The number of imide groups is 1. The first-order chi connectivity index (χ1) is 11.5. The summed E-state index contributed by atoms with van der Waals surface area (Å²) in [6.45, 7) is 4.05. The average Bonchev–Trinajstić information content (AvgIpc) is 2.81. The van der Waals surface area contributed by atoms with Crippen LogP contribution in [0.25, 0.3) is 0 Å². The lowest BCUT2D eigenvalue weighted by Crippen LogP contribution is -2.34. The molecule has 126 valence electrons. The molecule has 3 amide bonds. The first kappa shape index (κ1) is 16.4. The number of amides is 3. The number of nitrogens with zero attached hydrogens (tertiary/aromatic N) is 1. The number of anilines is 1. The van der Waals surface area contributed by atoms with Crippen molar-refractivity contribution in [3.8, 4) is 0 Å². The van der Waals surface area contributed by atoms with Crippen molar-refractivity contribution in [2.45, 2.75) is 33.1 Å². The molecule has 0 unspecified atom stereocenters. The molecule has 1 heterocycles. The van der Waals surface area contributed by atoms with Gasteiger partial charge in [-0.05, 0) is 43.9 Å². The molecule has 1 saturated heterocycles. The van der Waals surface area contributed by atoms with Crippen LogP contribution in [0.3, 0.4) is 0 Å². The van der Waals surface area contributed by atoms with E-state index in [1.165, 1.54) is 4.90 Å². The fourth-order valence-corrected chi connectivity index (χ4v) is 3.39. The second-order valence-corrected chi connectivity index (χ2v) is 6.60. The van der Waals surface area contributed by atoms with Crippen molar-refractivity contribution in [3.63, 3.8) is 0 Å². The van der Waals surface area contributed by atoms with Gasteiger partial charge in [0.05, 0.1) is 11.8 Å². The van der Waals surface area contributed by atoms with E-state index in [4.69, 9.17) is 0 Å². The molecule has 0 saturated carbocycles. The Morgan fingerprint density at radius 2 is 1.75 bits per heavy atom. The maximum atomic E-state index is 12.4. The summed E-state index contributed by atoms with van der Waals surface area (Å²) in [5.74, 6) is -0.908. The number of rotatable bonds is 4. The van der Waals surface area contributed by atoms with Crippen molar-refractivity contribution in [2.75, 3.05) is 11.9 Å². The van der Waals surface area contributed by atoms with Crippen molar-refractivity contribution in [1.29, 1.82) is 0 Å². The highest BCUT2D eigenvalue weighted by Gasteiger charge is 2.46. The Hall–Kier alpha value is -2.43. The molecule has 0 aromatic heterocycles. The smallest absolute Gasteiger partial charge is 0.233 e. The zero-order chi connectivity index (χ0) is 17.3. The lowest BCUT2D eigenvalue weighted by Gasteiger charge is -2.15. The van der Waals surface area contributed by atoms with E-state index in [1.807, 2.05) is 44.2 Å². The van der Waals surface area contributed by atoms with Crippen LogP contribution >= 0.6 is 0 Å². The monoisotopic (exact) mass is 326 g/mol. The topological polar surface area (TPSA) is 66.5 Å². The normalized spacial score (nSPS) is 22.7. The third kappa shape index (κ3) is 3.11. The van der Waals surface area contributed by atoms with E-state index >= 15 is 0 Å². The molecule has 1 N–H and O–H groups in total. The van der Waals surface area contributed by atoms with Gasteiger partial charge in [0.15, 0.2) is 0 Å². The lowest BCUT2D eigenvalue weighted by atomic mass is 9.85. The Bertz CT molecular complexity index is 697. The summed E-state index contributed by atoms with van der Waals surface area (Å²) in [6, 6.07) is 5.86. The van der Waals surface area contributed by atoms with E-state index < -0.39 is 0 Å². The van der Waals surface area contributed by atoms with Gasteiger partial charge >= 0.3 is 0 Å². The molecule has 5 nitrogen and oxygen atoms in total. The first-order valence-electron chi connectivity index (χ1n) is 8.34. The number of aryl methyl sites for hydroxylation is 2. The van der Waals surface area contributed by atoms with Gasteiger partial charge in [-0.3, -0.25) is 19.3 Å². The quantitative estimate of drug-likeness (QED) is 0.683. The highest BCUT2D eigenvalue weighted by Crippen LogP contribution is 2.35. The fraction of sp³-hybridized carbons (Fsp3) is 0.421. The van der Waals surface area contributed by atoms with Gasteiger partial charge in [0.25, 0.3) is 0 Å². The van der Waals surface area contributed by atoms with Gasteiger partial charge in [0.2, 0.25) is 17.7 Å². The molecule has 1 aromatic rings. The van der Waals surface area contributed by atoms with Gasteiger partial charge in [0.1, 0.15) is 0 Å². The summed E-state index contributed by atoms with van der Waals surface area (Å²) in [5, 5.41) is 2.87. The van der Waals surface area contributed by atoms with Crippen molar-refractivity contribution >= 4 is 23.4 Å². The fourth-order valence-electron chi connectivity index (χ4n) is 3.39. The van der Waals surface area contributed by atoms with Gasteiger partial charge < -0.3 is 5.32 Å². The summed E-state index contributed by atoms with van der Waals surface area (Å²) in [7, 11) is 0. The van der Waals surface area contributed by atoms with E-state index in [0.29, 0.717) is 12.8 Å². The minimum absolute atomic E-state index is 0.123. The Kier molecular flexibility index (Phi) is 4.51. The largest absolute Gasteiger partial charge is 0.326 e. The van der Waals surface area contributed by atoms with E-state index in [0.717, 1.165) is 16.8 Å². The minimum Gasteiger partial charge on any atom is -0.326 e. The van der Waals surface area contributed by atoms with E-state index in [2.05, 4.69) is 5.32 Å². The predicted octanol–water partition coefficient (Wildman–Crippen LogP) is 2.58. The minimum atomic E-state index is -0.232. The molecule has 5 heteroatoms. The molecular weight excluding hydrogens is 304 g/mol. The van der Waals surface area contributed by atoms with Crippen molar-refractivity contribution in [2.24, 2.45) is 11.8 Å². The van der Waals surface area contributed by atoms with Crippen LogP contribution < -0.4 is 5.32 Å². The zero-order valence-electron chi connectivity index (χ0n) is 14.0. The molecule has 1 aromatic carbocycles. The number of hydrogen-bond donors (Lipinski definition) is 1. The number of carbonyl (C=O) groups excluding carboxylic acids is 3. The molecule has 0 radical (unpaired) electrons. The first-order valence-corrected chi connectivity index (χ1v) is 8.34. The van der Waals surface area contributed by atoms with Crippen molar-refractivity contribution in [3.05, 3.63) is 41.5 Å². The highest BCUT2D eigenvalue weighted by atomic mass is 16.2. The number of likely N-dealkylation sites (tertiary alicyclic amines) is 1. The Balaban J connectivity index is 1.59. The van der Waals surface area contributed by atoms with Crippen LogP contribution in [0.2, 0.25) is 0 Å². The third-order valence-corrected chi connectivity index (χ3v) is 4.83. The summed E-state index contributed by atoms with van der Waals surface area (Å²) in [6.07, 6.45) is 5.30. The Morgan fingerprint density at radius 3 is 2.38 bits per heavy atom. The number of fused-ring (bicyclic) bond motifs is 1. The Labute approximate surface area is 141 Å². The van der Waals surface area contributed by atoms with Crippen LogP contribution in [-0.2, 0) is 14.4 Å². The number of hydrogen-bond acceptors (Lipinski definition) is 3. The average molecular weight is 326 g/mol. The maximum Gasteiger partial charge on any atom is 0.233 e. The summed E-state index contributed by atoms with van der Waals surface area (Å²) < 4.78 is 0. The van der Waals surface area contributed by atoms with Gasteiger partial charge in [0, 0.05) is 18.7 Å². The molecule has 0 spiro atoms. The SMILES string of the molecule is Cc1ccc(C)c(NC(=O)CCN2C(=O)[C@H]3CC=CC[C@@H]3C2=O)c1. The number of allylic oxidation sites excluding steroid dienone is 2. The van der Waals surface area contributed by atoms with E-state index in [9.17, 15) is 14.4 Å². The number of carbonyl (C=O) groups is 3. The van der Waals surface area contributed by atoms with Gasteiger partial charge in [-0.15, -0.1) is 0 Å². The molecular formula is C19H22N2O3. The summed E-state index contributed by atoms with van der Waals surface area (Å²) >= 11 is 0. The van der Waals surface area contributed by atoms with Crippen LogP contribution in [0.5, 0.6) is 0 Å². The van der Waals surface area contributed by atoms with Crippen LogP contribution in [-0.4, -0.2) is 29.2 Å². The second kappa shape index (κ2) is 6.59. The van der Waals surface area contributed by atoms with Crippen molar-refractivity contribution in [1.82, 2.24) is 4.90 Å². The van der Waals surface area contributed by atoms with Crippen LogP contribution in [0, 0.1) is 25.7 Å². The van der Waals surface area contributed by atoms with Gasteiger partial charge in [-0.25, -0.2) is 0 Å². The molecule has 1 aliphatic heterocycles. The maximum absolute atomic E-state index is 12.4. The molecule has 0 bridgehead atoms. The molecule has 1 aliphatic carbocycles. The predicted molar refractivity (Wildman–Crippen MR) is 91.2 cm³/mol. The molecule has 1 fully saturated rings. The van der Waals surface area contributed by atoms with E-state index in [1.54, 1.807) is 0 Å². The molecule has 2 aliphatic rings. The van der Waals surface area contributed by atoms with Gasteiger partial charge in [-0.1, -0.05) is 24.3 Å². The zero-order valence-corrected chi connectivity index (χ0v) is 14.0. The Morgan fingerprint density at radius 1 is 1.12 bits per heavy atom. The van der Waals surface area contributed by atoms with Gasteiger partial charge in [-0.2, -0.15) is 0 Å². The summed E-state index contributed by atoms with van der Waals surface area (Å²) in [5.41, 5.74) is 2.83. The third-order valence-electron chi connectivity index (χ3n) is 4.83. The van der Waals surface area contributed by atoms with Crippen LogP contribution in [0.15, 0.2) is 30.4 Å². The second-order valence-electron chi connectivity index (χ2n) is 6.60. The van der Waals surface area contributed by atoms with Crippen LogP contribution in [0.4, 0.5) is 5.69 Å². The standard InChI is InChI=1S/C19H22N2O3/c1-12-7-8-13(2)16(11-12)20-17(22)9-10-21-18(23)14-5-3-4-6-15(14)19(21)24/h3-4,7-8,11,14-15H,5-6,9-10H2,1-2H3,(H,20,22)/t14-,15-/m0/s1.